The largest absolute Gasteiger partial charge is 0.333 e. The highest BCUT2D eigenvalue weighted by Gasteiger charge is 2.18. The van der Waals surface area contributed by atoms with Crippen LogP contribution in [0.4, 0.5) is 5.69 Å². The molecule has 7 heteroatoms. The number of halogens is 2. The van der Waals surface area contributed by atoms with Gasteiger partial charge in [0.15, 0.2) is 0 Å². The van der Waals surface area contributed by atoms with Crippen LogP contribution in [0.25, 0.3) is 0 Å². The van der Waals surface area contributed by atoms with Gasteiger partial charge in [-0.15, -0.1) is 0 Å². The predicted molar refractivity (Wildman–Crippen MR) is 115 cm³/mol. The maximum Gasteiger partial charge on any atom is 0.244 e. The van der Waals surface area contributed by atoms with Gasteiger partial charge in [0.05, 0.1) is 13.1 Å². The summed E-state index contributed by atoms with van der Waals surface area (Å²) in [7, 11) is 0. The zero-order valence-electron chi connectivity index (χ0n) is 16.3. The van der Waals surface area contributed by atoms with E-state index in [0.717, 1.165) is 11.1 Å². The van der Waals surface area contributed by atoms with E-state index in [2.05, 4.69) is 10.6 Å². The fourth-order valence-corrected chi connectivity index (χ4v) is 3.23. The van der Waals surface area contributed by atoms with E-state index in [1.165, 1.54) is 4.90 Å². The van der Waals surface area contributed by atoms with Crippen molar-refractivity contribution in [3.63, 3.8) is 0 Å². The Kier molecular flexibility index (Phi) is 8.30. The monoisotopic (exact) mass is 421 g/mol. The van der Waals surface area contributed by atoms with Crippen molar-refractivity contribution in [1.29, 1.82) is 0 Å². The minimum absolute atomic E-state index is 0.0244. The molecule has 0 bridgehead atoms. The van der Waals surface area contributed by atoms with Gasteiger partial charge in [-0.2, -0.15) is 0 Å². The lowest BCUT2D eigenvalue weighted by Crippen LogP contribution is -2.42. The van der Waals surface area contributed by atoms with Gasteiger partial charge in [0.25, 0.3) is 0 Å². The summed E-state index contributed by atoms with van der Waals surface area (Å²) < 4.78 is 0. The van der Waals surface area contributed by atoms with Gasteiger partial charge in [0, 0.05) is 28.3 Å². The number of hydrogen-bond donors (Lipinski definition) is 2. The van der Waals surface area contributed by atoms with Crippen molar-refractivity contribution in [2.24, 2.45) is 0 Å². The first-order chi connectivity index (χ1) is 13.3. The molecule has 0 aliphatic heterocycles. The van der Waals surface area contributed by atoms with Crippen LogP contribution in [0.5, 0.6) is 0 Å². The first-order valence-corrected chi connectivity index (χ1v) is 9.89. The van der Waals surface area contributed by atoms with Crippen molar-refractivity contribution in [2.45, 2.75) is 26.8 Å². The fraction of sp³-hybridized carbons (Fsp3) is 0.333. The third-order valence-corrected chi connectivity index (χ3v) is 5.05. The second kappa shape index (κ2) is 10.5. The summed E-state index contributed by atoms with van der Waals surface area (Å²) in [4.78, 5) is 26.4. The van der Waals surface area contributed by atoms with Gasteiger partial charge in [-0.1, -0.05) is 47.5 Å². The highest BCUT2D eigenvalue weighted by molar-refractivity contribution is 6.31. The van der Waals surface area contributed by atoms with Gasteiger partial charge in [-0.05, 0) is 50.1 Å². The number of nitrogens with zero attached hydrogens (tertiary/aromatic N) is 1. The van der Waals surface area contributed by atoms with E-state index < -0.39 is 0 Å². The summed E-state index contributed by atoms with van der Waals surface area (Å²) in [6, 6.07) is 12.7. The number of carbonyl (C=O) groups excluding carboxylic acids is 2. The Labute approximate surface area is 176 Å². The highest BCUT2D eigenvalue weighted by Crippen LogP contribution is 2.22. The first-order valence-electron chi connectivity index (χ1n) is 9.13. The molecule has 150 valence electrons. The Morgan fingerprint density at radius 2 is 1.86 bits per heavy atom. The van der Waals surface area contributed by atoms with Crippen molar-refractivity contribution >= 4 is 40.7 Å². The lowest BCUT2D eigenvalue weighted by atomic mass is 10.1. The summed E-state index contributed by atoms with van der Waals surface area (Å²) in [5.41, 5.74) is 2.48. The van der Waals surface area contributed by atoms with Gasteiger partial charge in [0.1, 0.15) is 0 Å². The Morgan fingerprint density at radius 1 is 1.14 bits per heavy atom. The maximum atomic E-state index is 12.5. The Bertz CT molecular complexity index is 842. The van der Waals surface area contributed by atoms with Crippen LogP contribution in [0.1, 0.15) is 31.0 Å². The van der Waals surface area contributed by atoms with Gasteiger partial charge >= 0.3 is 0 Å². The van der Waals surface area contributed by atoms with Crippen LogP contribution in [0.15, 0.2) is 42.5 Å². The Balaban J connectivity index is 1.91. The van der Waals surface area contributed by atoms with E-state index in [1.807, 2.05) is 51.1 Å². The van der Waals surface area contributed by atoms with Gasteiger partial charge < -0.3 is 15.5 Å². The topological polar surface area (TPSA) is 61.4 Å². The fourth-order valence-electron chi connectivity index (χ4n) is 2.76. The van der Waals surface area contributed by atoms with E-state index in [0.29, 0.717) is 22.3 Å². The third kappa shape index (κ3) is 6.23. The van der Waals surface area contributed by atoms with Crippen molar-refractivity contribution in [1.82, 2.24) is 10.2 Å². The zero-order valence-corrected chi connectivity index (χ0v) is 17.8. The number of amides is 2. The average molecular weight is 422 g/mol. The molecule has 2 rings (SSSR count). The minimum atomic E-state index is -0.264. The van der Waals surface area contributed by atoms with E-state index in [9.17, 15) is 9.59 Å². The van der Waals surface area contributed by atoms with Crippen LogP contribution >= 0.6 is 23.2 Å². The molecule has 0 aromatic heterocycles. The van der Waals surface area contributed by atoms with Crippen LogP contribution in [0, 0.1) is 6.92 Å². The normalized spacial score (nSPS) is 11.8. The second-order valence-corrected chi connectivity index (χ2v) is 7.38. The molecule has 0 saturated carbocycles. The van der Waals surface area contributed by atoms with E-state index in [-0.39, 0.29) is 30.9 Å². The van der Waals surface area contributed by atoms with Crippen LogP contribution in [0.3, 0.4) is 0 Å². The van der Waals surface area contributed by atoms with Gasteiger partial charge in [0.2, 0.25) is 11.8 Å². The maximum absolute atomic E-state index is 12.5. The number of hydrogen-bond acceptors (Lipinski definition) is 3. The number of nitrogens with one attached hydrogen (secondary N) is 2. The third-order valence-electron chi connectivity index (χ3n) is 4.47. The van der Waals surface area contributed by atoms with Crippen molar-refractivity contribution in [3.8, 4) is 0 Å². The summed E-state index contributed by atoms with van der Waals surface area (Å²) in [6.45, 7) is 6.19. The average Bonchev–Trinajstić information content (AvgIpc) is 2.67. The second-order valence-electron chi connectivity index (χ2n) is 6.54. The summed E-state index contributed by atoms with van der Waals surface area (Å²) in [5.74, 6) is -0.418. The SMILES string of the molecule is CCN(CC(=O)Nc1cc(Cl)ccc1C)C(=O)CN[C@H](C)c1ccccc1Cl. The smallest absolute Gasteiger partial charge is 0.244 e. The molecule has 0 radical (unpaired) electrons. The number of carbonyl (C=O) groups is 2. The number of likely N-dealkylation sites (N-methyl/N-ethyl adjacent to an activating group) is 1. The summed E-state index contributed by atoms with van der Waals surface area (Å²) in [5, 5.41) is 7.18. The van der Waals surface area contributed by atoms with Crippen LogP contribution in [-0.2, 0) is 9.59 Å². The molecule has 1 atom stereocenters. The number of rotatable bonds is 8. The molecule has 5 nitrogen and oxygen atoms in total. The van der Waals surface area contributed by atoms with Gasteiger partial charge in [-0.25, -0.2) is 0 Å². The minimum Gasteiger partial charge on any atom is -0.333 e. The molecular weight excluding hydrogens is 397 g/mol. The molecule has 0 spiro atoms. The molecule has 2 N–H and O–H groups in total. The van der Waals surface area contributed by atoms with Crippen molar-refractivity contribution in [2.75, 3.05) is 25.0 Å². The summed E-state index contributed by atoms with van der Waals surface area (Å²) >= 11 is 12.2. The Hall–Kier alpha value is -2.08. The zero-order chi connectivity index (χ0) is 20.7. The molecule has 0 unspecified atom stereocenters. The standard InChI is InChI=1S/C21H25Cl2N3O2/c1-4-26(13-20(27)25-19-11-16(22)10-9-14(19)2)21(28)12-24-15(3)17-7-5-6-8-18(17)23/h5-11,15,24H,4,12-13H2,1-3H3,(H,25,27)/t15-/m1/s1. The molecule has 0 fully saturated rings. The number of anilines is 1. The van der Waals surface area contributed by atoms with Gasteiger partial charge in [-0.3, -0.25) is 9.59 Å². The van der Waals surface area contributed by atoms with E-state index >= 15 is 0 Å². The number of benzene rings is 2. The van der Waals surface area contributed by atoms with Crippen LogP contribution in [-0.4, -0.2) is 36.3 Å². The Morgan fingerprint density at radius 3 is 2.54 bits per heavy atom. The molecule has 0 aliphatic carbocycles. The molecular formula is C21H25Cl2N3O2. The molecule has 2 aromatic carbocycles. The first kappa shape index (κ1) is 22.2. The summed E-state index contributed by atoms with van der Waals surface area (Å²) in [6.07, 6.45) is 0. The van der Waals surface area contributed by atoms with E-state index in [4.69, 9.17) is 23.2 Å². The lowest BCUT2D eigenvalue weighted by molar-refractivity contribution is -0.133. The lowest BCUT2D eigenvalue weighted by Gasteiger charge is -2.22. The molecule has 2 aromatic rings. The van der Waals surface area contributed by atoms with Crippen molar-refractivity contribution < 1.29 is 9.59 Å². The van der Waals surface area contributed by atoms with Crippen LogP contribution in [0.2, 0.25) is 10.0 Å². The molecule has 2 amide bonds. The van der Waals surface area contributed by atoms with Crippen LogP contribution < -0.4 is 10.6 Å². The quantitative estimate of drug-likeness (QED) is 0.661. The highest BCUT2D eigenvalue weighted by atomic mass is 35.5. The molecule has 0 saturated heterocycles. The molecule has 28 heavy (non-hydrogen) atoms. The molecule has 0 heterocycles. The van der Waals surface area contributed by atoms with Crippen molar-refractivity contribution in [3.05, 3.63) is 63.6 Å². The number of aryl methyl sites for hydroxylation is 1. The predicted octanol–water partition coefficient (Wildman–Crippen LogP) is 4.44. The van der Waals surface area contributed by atoms with E-state index in [1.54, 1.807) is 12.1 Å². The molecule has 0 aliphatic rings.